The van der Waals surface area contributed by atoms with E-state index in [0.29, 0.717) is 22.3 Å². The lowest BCUT2D eigenvalue weighted by Gasteiger charge is -2.21. The Kier molecular flexibility index (Phi) is 8.33. The van der Waals surface area contributed by atoms with Crippen molar-refractivity contribution in [2.75, 3.05) is 18.2 Å². The van der Waals surface area contributed by atoms with E-state index >= 15 is 0 Å². The Morgan fingerprint density at radius 3 is 2.44 bits per heavy atom. The molecule has 180 valence electrons. The number of methoxy groups -OCH3 is 1. The van der Waals surface area contributed by atoms with Crippen LogP contribution >= 0.6 is 11.8 Å². The molecule has 8 nitrogen and oxygen atoms in total. The van der Waals surface area contributed by atoms with Crippen LogP contribution in [0.25, 0.3) is 0 Å². The first-order chi connectivity index (χ1) is 16.2. The molecule has 1 heterocycles. The predicted octanol–water partition coefficient (Wildman–Crippen LogP) is 4.30. The van der Waals surface area contributed by atoms with Crippen LogP contribution in [0.5, 0.6) is 5.75 Å². The number of ether oxygens (including phenoxy) is 1. The second kappa shape index (κ2) is 11.2. The van der Waals surface area contributed by atoms with Crippen molar-refractivity contribution in [2.24, 2.45) is 13.0 Å². The summed E-state index contributed by atoms with van der Waals surface area (Å²) in [5, 5.41) is 15.2. The molecule has 2 aromatic carbocycles. The zero-order chi connectivity index (χ0) is 24.8. The van der Waals surface area contributed by atoms with Crippen LogP contribution in [-0.4, -0.2) is 39.4 Å². The van der Waals surface area contributed by atoms with Gasteiger partial charge in [-0.3, -0.25) is 9.59 Å². The summed E-state index contributed by atoms with van der Waals surface area (Å²) in [6.07, 6.45) is 0. The number of carbonyl (C=O) groups excluding carboxylic acids is 2. The number of hydrogen-bond donors (Lipinski definition) is 2. The molecule has 1 atom stereocenters. The molecule has 0 aliphatic rings. The monoisotopic (exact) mass is 481 g/mol. The molecule has 0 fully saturated rings. The zero-order valence-corrected chi connectivity index (χ0v) is 21.2. The van der Waals surface area contributed by atoms with Crippen molar-refractivity contribution >= 4 is 29.3 Å². The maximum absolute atomic E-state index is 12.8. The summed E-state index contributed by atoms with van der Waals surface area (Å²) < 4.78 is 6.98. The zero-order valence-electron chi connectivity index (χ0n) is 20.4. The van der Waals surface area contributed by atoms with Gasteiger partial charge in [0.15, 0.2) is 11.0 Å². The van der Waals surface area contributed by atoms with Gasteiger partial charge in [-0.1, -0.05) is 37.7 Å². The van der Waals surface area contributed by atoms with Gasteiger partial charge in [-0.2, -0.15) is 0 Å². The van der Waals surface area contributed by atoms with Crippen LogP contribution in [0.15, 0.2) is 47.6 Å². The maximum Gasteiger partial charge on any atom is 0.251 e. The topological polar surface area (TPSA) is 98.1 Å². The number of aryl methyl sites for hydroxylation is 1. The Balaban J connectivity index is 1.67. The van der Waals surface area contributed by atoms with E-state index in [0.717, 1.165) is 16.8 Å². The number of amides is 2. The summed E-state index contributed by atoms with van der Waals surface area (Å²) in [5.41, 5.74) is 3.52. The van der Waals surface area contributed by atoms with E-state index in [2.05, 4.69) is 20.8 Å². The average molecular weight is 482 g/mol. The van der Waals surface area contributed by atoms with Crippen LogP contribution < -0.4 is 15.4 Å². The fourth-order valence-electron chi connectivity index (χ4n) is 3.42. The average Bonchev–Trinajstić information content (AvgIpc) is 3.18. The summed E-state index contributed by atoms with van der Waals surface area (Å²) in [6.45, 7) is 8.02. The SMILES string of the molecule is COc1ccc(C(=O)NC(c2nnc(SCC(=O)Nc3cccc(C)c3C)n2C)C(C)C)cc1. The quantitative estimate of drug-likeness (QED) is 0.442. The molecule has 2 amide bonds. The molecular formula is C25H31N5O3S. The third kappa shape index (κ3) is 5.96. The van der Waals surface area contributed by atoms with Crippen LogP contribution in [0.2, 0.25) is 0 Å². The largest absolute Gasteiger partial charge is 0.497 e. The molecule has 9 heteroatoms. The van der Waals surface area contributed by atoms with Crippen LogP contribution in [0.1, 0.15) is 47.2 Å². The van der Waals surface area contributed by atoms with Gasteiger partial charge in [0.25, 0.3) is 5.91 Å². The minimum absolute atomic E-state index is 0.0792. The Morgan fingerprint density at radius 1 is 1.09 bits per heavy atom. The van der Waals surface area contributed by atoms with E-state index in [1.54, 1.807) is 31.4 Å². The summed E-state index contributed by atoms with van der Waals surface area (Å²) in [4.78, 5) is 25.3. The van der Waals surface area contributed by atoms with Gasteiger partial charge in [0.05, 0.1) is 18.9 Å². The molecule has 1 aromatic heterocycles. The number of aromatic nitrogens is 3. The molecule has 0 aliphatic heterocycles. The Morgan fingerprint density at radius 2 is 1.79 bits per heavy atom. The van der Waals surface area contributed by atoms with Gasteiger partial charge in [-0.25, -0.2) is 0 Å². The van der Waals surface area contributed by atoms with E-state index in [1.165, 1.54) is 11.8 Å². The molecule has 34 heavy (non-hydrogen) atoms. The van der Waals surface area contributed by atoms with Crippen molar-refractivity contribution in [1.82, 2.24) is 20.1 Å². The lowest BCUT2D eigenvalue weighted by molar-refractivity contribution is -0.113. The Hall–Kier alpha value is -3.33. The molecule has 3 aromatic rings. The fraction of sp³-hybridized carbons (Fsp3) is 0.360. The molecule has 3 rings (SSSR count). The van der Waals surface area contributed by atoms with Crippen molar-refractivity contribution < 1.29 is 14.3 Å². The van der Waals surface area contributed by atoms with Gasteiger partial charge in [-0.05, 0) is 61.2 Å². The molecule has 0 bridgehead atoms. The minimum atomic E-state index is -0.342. The first-order valence-electron chi connectivity index (χ1n) is 11.0. The van der Waals surface area contributed by atoms with Crippen LogP contribution in [0.4, 0.5) is 5.69 Å². The van der Waals surface area contributed by atoms with Gasteiger partial charge in [0, 0.05) is 18.3 Å². The van der Waals surface area contributed by atoms with E-state index in [1.807, 2.05) is 57.5 Å². The third-order valence-corrected chi connectivity index (χ3v) is 6.68. The number of benzene rings is 2. The number of hydrogen-bond acceptors (Lipinski definition) is 6. The predicted molar refractivity (Wildman–Crippen MR) is 134 cm³/mol. The van der Waals surface area contributed by atoms with E-state index in [9.17, 15) is 9.59 Å². The number of thioether (sulfide) groups is 1. The molecule has 0 aliphatic carbocycles. The highest BCUT2D eigenvalue weighted by Gasteiger charge is 2.25. The standard InChI is InChI=1S/C25H31N5O3S/c1-15(2)22(27-24(32)18-10-12-19(33-6)13-11-18)23-28-29-25(30(23)5)34-14-21(31)26-20-9-7-8-16(3)17(20)4/h7-13,15,22H,14H2,1-6H3,(H,26,31)(H,27,32). The lowest BCUT2D eigenvalue weighted by atomic mass is 10.0. The van der Waals surface area contributed by atoms with Crippen molar-refractivity contribution in [3.8, 4) is 5.75 Å². The lowest BCUT2D eigenvalue weighted by Crippen LogP contribution is -2.33. The first-order valence-corrected chi connectivity index (χ1v) is 12.0. The van der Waals surface area contributed by atoms with Crippen molar-refractivity contribution in [2.45, 2.75) is 38.9 Å². The van der Waals surface area contributed by atoms with Crippen molar-refractivity contribution in [3.63, 3.8) is 0 Å². The molecule has 1 unspecified atom stereocenters. The molecule has 0 saturated heterocycles. The second-order valence-electron chi connectivity index (χ2n) is 8.41. The van der Waals surface area contributed by atoms with Gasteiger partial charge in [-0.15, -0.1) is 10.2 Å². The summed E-state index contributed by atoms with van der Waals surface area (Å²) in [6, 6.07) is 12.4. The summed E-state index contributed by atoms with van der Waals surface area (Å²) in [7, 11) is 3.43. The van der Waals surface area contributed by atoms with E-state index < -0.39 is 0 Å². The van der Waals surface area contributed by atoms with Crippen LogP contribution in [0.3, 0.4) is 0 Å². The Bertz CT molecular complexity index is 1160. The Labute approximate surface area is 204 Å². The van der Waals surface area contributed by atoms with Gasteiger partial charge < -0.3 is 19.9 Å². The smallest absolute Gasteiger partial charge is 0.251 e. The maximum atomic E-state index is 12.8. The third-order valence-electron chi connectivity index (χ3n) is 5.66. The summed E-state index contributed by atoms with van der Waals surface area (Å²) in [5.74, 6) is 1.28. The molecule has 2 N–H and O–H groups in total. The molecule has 0 radical (unpaired) electrons. The van der Waals surface area contributed by atoms with Gasteiger partial charge >= 0.3 is 0 Å². The number of rotatable bonds is 9. The fourth-order valence-corrected chi connectivity index (χ4v) is 4.14. The number of nitrogens with one attached hydrogen (secondary N) is 2. The normalized spacial score (nSPS) is 11.9. The van der Waals surface area contributed by atoms with Gasteiger partial charge in [0.1, 0.15) is 5.75 Å². The van der Waals surface area contributed by atoms with Crippen molar-refractivity contribution in [3.05, 3.63) is 65.0 Å². The van der Waals surface area contributed by atoms with E-state index in [4.69, 9.17) is 4.74 Å². The highest BCUT2D eigenvalue weighted by molar-refractivity contribution is 7.99. The number of anilines is 1. The first kappa shape index (κ1) is 25.3. The molecular weight excluding hydrogens is 450 g/mol. The summed E-state index contributed by atoms with van der Waals surface area (Å²) >= 11 is 1.30. The minimum Gasteiger partial charge on any atom is -0.497 e. The van der Waals surface area contributed by atoms with Gasteiger partial charge in [0.2, 0.25) is 5.91 Å². The van der Waals surface area contributed by atoms with E-state index in [-0.39, 0.29) is 29.5 Å². The van der Waals surface area contributed by atoms with Crippen molar-refractivity contribution in [1.29, 1.82) is 0 Å². The highest BCUT2D eigenvalue weighted by atomic mass is 32.2. The second-order valence-corrected chi connectivity index (χ2v) is 9.35. The molecule has 0 saturated carbocycles. The van der Waals surface area contributed by atoms with Crippen LogP contribution in [-0.2, 0) is 11.8 Å². The van der Waals surface area contributed by atoms with Crippen LogP contribution in [0, 0.1) is 19.8 Å². The highest BCUT2D eigenvalue weighted by Crippen LogP contribution is 2.25. The number of nitrogens with zero attached hydrogens (tertiary/aromatic N) is 3. The molecule has 0 spiro atoms. The number of carbonyl (C=O) groups is 2.